The highest BCUT2D eigenvalue weighted by Crippen LogP contribution is 2.17. The molecular formula is C20H28ClN3O6S2. The summed E-state index contributed by atoms with van der Waals surface area (Å²) in [7, 11) is -4.01. The van der Waals surface area contributed by atoms with E-state index < -0.39 is 40.6 Å². The molecule has 1 aliphatic carbocycles. The van der Waals surface area contributed by atoms with Gasteiger partial charge < -0.3 is 10.1 Å². The van der Waals surface area contributed by atoms with Crippen molar-refractivity contribution in [1.29, 1.82) is 0 Å². The van der Waals surface area contributed by atoms with Gasteiger partial charge in [0.25, 0.3) is 5.91 Å². The molecule has 1 saturated carbocycles. The quantitative estimate of drug-likeness (QED) is 0.416. The third-order valence-corrected chi connectivity index (χ3v) is 7.24. The molecule has 3 N–H and O–H groups in total. The topological polar surface area (TPSA) is 131 Å². The van der Waals surface area contributed by atoms with Crippen LogP contribution in [0.1, 0.15) is 38.5 Å². The SMILES string of the molecule is CSCC[C@@H](NS(=O)(=O)c1ccc(Cl)cc1)C(=O)OCC(=O)NC(=O)NC1CCCCC1. The summed E-state index contributed by atoms with van der Waals surface area (Å²) in [5.74, 6) is -1.21. The van der Waals surface area contributed by atoms with Crippen molar-refractivity contribution in [2.24, 2.45) is 0 Å². The van der Waals surface area contributed by atoms with Crippen LogP contribution in [-0.4, -0.2) is 57.0 Å². The molecule has 0 aliphatic heterocycles. The molecule has 1 atom stereocenters. The predicted octanol–water partition coefficient (Wildman–Crippen LogP) is 2.44. The molecule has 3 amide bonds. The summed E-state index contributed by atoms with van der Waals surface area (Å²) in [5.41, 5.74) is 0. The summed E-state index contributed by atoms with van der Waals surface area (Å²) >= 11 is 7.22. The van der Waals surface area contributed by atoms with E-state index in [9.17, 15) is 22.8 Å². The highest BCUT2D eigenvalue weighted by Gasteiger charge is 2.27. The summed E-state index contributed by atoms with van der Waals surface area (Å²) in [4.78, 5) is 36.3. The van der Waals surface area contributed by atoms with E-state index in [-0.39, 0.29) is 17.4 Å². The van der Waals surface area contributed by atoms with E-state index in [1.165, 1.54) is 36.0 Å². The Bertz CT molecular complexity index is 889. The number of sulfonamides is 1. The molecule has 1 aromatic rings. The van der Waals surface area contributed by atoms with Crippen LogP contribution in [-0.2, 0) is 24.3 Å². The highest BCUT2D eigenvalue weighted by atomic mass is 35.5. The van der Waals surface area contributed by atoms with Crippen molar-refractivity contribution in [3.8, 4) is 0 Å². The molecule has 32 heavy (non-hydrogen) atoms. The average molecular weight is 506 g/mol. The van der Waals surface area contributed by atoms with Crippen molar-refractivity contribution in [1.82, 2.24) is 15.4 Å². The van der Waals surface area contributed by atoms with E-state index in [2.05, 4.69) is 15.4 Å². The average Bonchev–Trinajstić information content (AvgIpc) is 2.75. The minimum Gasteiger partial charge on any atom is -0.454 e. The molecule has 0 radical (unpaired) electrons. The molecule has 1 fully saturated rings. The summed E-state index contributed by atoms with van der Waals surface area (Å²) in [5, 5.41) is 5.22. The van der Waals surface area contributed by atoms with Crippen molar-refractivity contribution in [3.63, 3.8) is 0 Å². The van der Waals surface area contributed by atoms with E-state index in [4.69, 9.17) is 16.3 Å². The molecule has 1 aromatic carbocycles. The number of carbonyl (C=O) groups is 3. The minimum atomic E-state index is -4.01. The molecule has 0 unspecified atom stereocenters. The van der Waals surface area contributed by atoms with Crippen LogP contribution in [0, 0.1) is 0 Å². The number of nitrogens with one attached hydrogen (secondary N) is 3. The number of carbonyl (C=O) groups excluding carboxylic acids is 3. The zero-order valence-electron chi connectivity index (χ0n) is 17.8. The van der Waals surface area contributed by atoms with Crippen LogP contribution in [0.3, 0.4) is 0 Å². The summed E-state index contributed by atoms with van der Waals surface area (Å²) < 4.78 is 32.5. The Kier molecular flexibility index (Phi) is 10.8. The molecule has 178 valence electrons. The van der Waals surface area contributed by atoms with Gasteiger partial charge >= 0.3 is 12.0 Å². The second kappa shape index (κ2) is 13.0. The maximum absolute atomic E-state index is 12.6. The van der Waals surface area contributed by atoms with Gasteiger partial charge in [-0.3, -0.25) is 14.9 Å². The number of thioether (sulfide) groups is 1. The van der Waals surface area contributed by atoms with Gasteiger partial charge in [0.15, 0.2) is 6.61 Å². The number of imide groups is 1. The Hall–Kier alpha value is -1.82. The number of rotatable bonds is 10. The van der Waals surface area contributed by atoms with Gasteiger partial charge in [-0.1, -0.05) is 30.9 Å². The smallest absolute Gasteiger partial charge is 0.324 e. The van der Waals surface area contributed by atoms with Crippen LogP contribution in [0.4, 0.5) is 4.79 Å². The molecule has 0 aromatic heterocycles. The van der Waals surface area contributed by atoms with E-state index in [0.29, 0.717) is 10.8 Å². The van der Waals surface area contributed by atoms with Crippen molar-refractivity contribution in [3.05, 3.63) is 29.3 Å². The molecular weight excluding hydrogens is 478 g/mol. The van der Waals surface area contributed by atoms with Gasteiger partial charge in [-0.15, -0.1) is 0 Å². The predicted molar refractivity (Wildman–Crippen MR) is 123 cm³/mol. The molecule has 0 bridgehead atoms. The zero-order valence-corrected chi connectivity index (χ0v) is 20.2. The van der Waals surface area contributed by atoms with Gasteiger partial charge in [0.05, 0.1) is 4.90 Å². The first-order chi connectivity index (χ1) is 15.2. The highest BCUT2D eigenvalue weighted by molar-refractivity contribution is 7.98. The molecule has 0 saturated heterocycles. The minimum absolute atomic E-state index is 0.0253. The maximum atomic E-state index is 12.6. The number of urea groups is 1. The number of esters is 1. The first-order valence-electron chi connectivity index (χ1n) is 10.2. The fourth-order valence-electron chi connectivity index (χ4n) is 3.20. The Morgan fingerprint density at radius 1 is 1.16 bits per heavy atom. The van der Waals surface area contributed by atoms with Gasteiger partial charge in [0.1, 0.15) is 6.04 Å². The van der Waals surface area contributed by atoms with Gasteiger partial charge in [-0.25, -0.2) is 13.2 Å². The fourth-order valence-corrected chi connectivity index (χ4v) is 5.01. The number of hydrogen-bond donors (Lipinski definition) is 3. The van der Waals surface area contributed by atoms with E-state index in [1.807, 2.05) is 6.26 Å². The third-order valence-electron chi connectivity index (χ3n) is 4.86. The number of amides is 3. The summed E-state index contributed by atoms with van der Waals surface area (Å²) in [6.45, 7) is -0.699. The van der Waals surface area contributed by atoms with Crippen molar-refractivity contribution in [2.75, 3.05) is 18.6 Å². The Morgan fingerprint density at radius 2 is 1.81 bits per heavy atom. The number of halogens is 1. The van der Waals surface area contributed by atoms with E-state index >= 15 is 0 Å². The van der Waals surface area contributed by atoms with Crippen LogP contribution < -0.4 is 15.4 Å². The van der Waals surface area contributed by atoms with Crippen molar-refractivity contribution >= 4 is 51.3 Å². The van der Waals surface area contributed by atoms with Crippen LogP contribution in [0.5, 0.6) is 0 Å². The standard InChI is InChI=1S/C20H28ClN3O6S2/c1-31-12-11-17(24-32(28,29)16-9-7-14(21)8-10-16)19(26)30-13-18(25)23-20(27)22-15-5-3-2-4-6-15/h7-10,15,17,24H,2-6,11-13H2,1H3,(H2,22,23,25,27)/t17-/m1/s1. The Balaban J connectivity index is 1.88. The molecule has 12 heteroatoms. The summed E-state index contributed by atoms with van der Waals surface area (Å²) in [6.07, 6.45) is 6.89. The molecule has 9 nitrogen and oxygen atoms in total. The maximum Gasteiger partial charge on any atom is 0.324 e. The summed E-state index contributed by atoms with van der Waals surface area (Å²) in [6, 6.07) is 3.69. The van der Waals surface area contributed by atoms with Crippen LogP contribution in [0.2, 0.25) is 5.02 Å². The molecule has 0 heterocycles. The molecule has 1 aliphatic rings. The number of hydrogen-bond acceptors (Lipinski definition) is 7. The zero-order chi connectivity index (χ0) is 23.6. The van der Waals surface area contributed by atoms with Crippen LogP contribution >= 0.6 is 23.4 Å². The second-order valence-corrected chi connectivity index (χ2v) is 10.5. The van der Waals surface area contributed by atoms with Crippen molar-refractivity contribution < 1.29 is 27.5 Å². The lowest BCUT2D eigenvalue weighted by Crippen LogP contribution is -2.47. The second-order valence-electron chi connectivity index (χ2n) is 7.37. The first-order valence-corrected chi connectivity index (χ1v) is 13.5. The van der Waals surface area contributed by atoms with Gasteiger partial charge in [-0.05, 0) is 55.5 Å². The van der Waals surface area contributed by atoms with E-state index in [0.717, 1.165) is 32.1 Å². The van der Waals surface area contributed by atoms with E-state index in [1.54, 1.807) is 0 Å². The van der Waals surface area contributed by atoms with Crippen molar-refractivity contribution in [2.45, 2.75) is 55.5 Å². The molecule has 2 rings (SSSR count). The Morgan fingerprint density at radius 3 is 2.44 bits per heavy atom. The van der Waals surface area contributed by atoms with Gasteiger partial charge in [-0.2, -0.15) is 16.5 Å². The number of benzene rings is 1. The lowest BCUT2D eigenvalue weighted by molar-refractivity contribution is -0.150. The fraction of sp³-hybridized carbons (Fsp3) is 0.550. The van der Waals surface area contributed by atoms with Gasteiger partial charge in [0.2, 0.25) is 10.0 Å². The lowest BCUT2D eigenvalue weighted by atomic mass is 9.96. The first kappa shape index (κ1) is 26.4. The number of ether oxygens (including phenoxy) is 1. The normalized spacial score (nSPS) is 15.6. The lowest BCUT2D eigenvalue weighted by Gasteiger charge is -2.22. The largest absolute Gasteiger partial charge is 0.454 e. The monoisotopic (exact) mass is 505 g/mol. The Labute approximate surface area is 197 Å². The van der Waals surface area contributed by atoms with Crippen LogP contribution in [0.15, 0.2) is 29.2 Å². The van der Waals surface area contributed by atoms with Crippen LogP contribution in [0.25, 0.3) is 0 Å². The third kappa shape index (κ3) is 8.97. The molecule has 0 spiro atoms. The van der Waals surface area contributed by atoms with Gasteiger partial charge in [0, 0.05) is 11.1 Å².